The molecule has 1 atom stereocenters. The molecule has 3 aromatic carbocycles. The molecule has 0 radical (unpaired) electrons. The molecule has 0 bridgehead atoms. The first-order chi connectivity index (χ1) is 20.7. The van der Waals surface area contributed by atoms with Gasteiger partial charge < -0.3 is 14.4 Å². The van der Waals surface area contributed by atoms with Gasteiger partial charge in [0.25, 0.3) is 5.91 Å². The van der Waals surface area contributed by atoms with Crippen LogP contribution in [0.5, 0.6) is 0 Å². The van der Waals surface area contributed by atoms with Crippen LogP contribution in [0, 0.1) is 0 Å². The number of hydrogen-bond acceptors (Lipinski definition) is 7. The zero-order valence-electron chi connectivity index (χ0n) is 23.3. The summed E-state index contributed by atoms with van der Waals surface area (Å²) in [6, 6.07) is 17.4. The van der Waals surface area contributed by atoms with E-state index in [1.54, 1.807) is 38.1 Å². The van der Waals surface area contributed by atoms with Gasteiger partial charge in [0.05, 0.1) is 35.1 Å². The van der Waals surface area contributed by atoms with Crippen LogP contribution in [0.2, 0.25) is 0 Å². The van der Waals surface area contributed by atoms with E-state index in [4.69, 9.17) is 14.2 Å². The number of halogens is 4. The third-order valence-electron chi connectivity index (χ3n) is 6.25. The summed E-state index contributed by atoms with van der Waals surface area (Å²) in [5, 5.41) is 12.3. The van der Waals surface area contributed by atoms with Gasteiger partial charge in [-0.1, -0.05) is 40.2 Å². The Bertz CT molecular complexity index is 1770. The van der Waals surface area contributed by atoms with Crippen molar-refractivity contribution < 1.29 is 40.0 Å². The van der Waals surface area contributed by atoms with Crippen LogP contribution in [0.3, 0.4) is 0 Å². The quantitative estimate of drug-likeness (QED) is 0.165. The van der Waals surface area contributed by atoms with Crippen LogP contribution in [-0.4, -0.2) is 37.3 Å². The third kappa shape index (κ3) is 7.65. The van der Waals surface area contributed by atoms with Crippen molar-refractivity contribution in [3.05, 3.63) is 100 Å². The Morgan fingerprint density at radius 2 is 1.57 bits per heavy atom. The van der Waals surface area contributed by atoms with Gasteiger partial charge >= 0.3 is 13.8 Å². The molecule has 0 spiro atoms. The molecule has 1 amide bonds. The van der Waals surface area contributed by atoms with Crippen LogP contribution < -0.4 is 10.5 Å². The van der Waals surface area contributed by atoms with E-state index < -0.39 is 41.0 Å². The van der Waals surface area contributed by atoms with Gasteiger partial charge in [0.1, 0.15) is 0 Å². The summed E-state index contributed by atoms with van der Waals surface area (Å²) >= 11 is 3.35. The number of hydrogen-bond donors (Lipinski definition) is 2. The van der Waals surface area contributed by atoms with E-state index in [2.05, 4.69) is 26.3 Å². The van der Waals surface area contributed by atoms with Crippen LogP contribution in [-0.2, 0) is 29.8 Å². The van der Waals surface area contributed by atoms with Gasteiger partial charge in [-0.25, -0.2) is 18.2 Å². The molecule has 1 heterocycles. The second kappa shape index (κ2) is 13.3. The molecule has 1 unspecified atom stereocenters. The maximum absolute atomic E-state index is 13.9. The van der Waals surface area contributed by atoms with Gasteiger partial charge in [0.2, 0.25) is 10.0 Å². The summed E-state index contributed by atoms with van der Waals surface area (Å²) in [6.45, 7) is 3.32. The standard InChI is InChI=1S/C28H27BrF3N4O6PS/c1-3-41-43(38,42-4-2)27(19-7-11-21(29)12-8-19)34-26(37)24-17-25(18-5-9-20(10-6-18)28(30,31)32)36(35-24)22-13-15-23(16-14-22)44(33,39)40/h5-17,27H,3-4H2,1-2H3,(H,34,37)(H2,33,39,40). The maximum atomic E-state index is 13.9. The predicted molar refractivity (Wildman–Crippen MR) is 161 cm³/mol. The second-order valence-corrected chi connectivity index (χ2v) is 13.8. The van der Waals surface area contributed by atoms with Crippen molar-refractivity contribution in [2.45, 2.75) is 30.7 Å². The van der Waals surface area contributed by atoms with Gasteiger partial charge in [-0.3, -0.25) is 9.36 Å². The Morgan fingerprint density at radius 3 is 2.07 bits per heavy atom. The van der Waals surface area contributed by atoms with Crippen LogP contribution in [0.4, 0.5) is 13.2 Å². The predicted octanol–water partition coefficient (Wildman–Crippen LogP) is 6.66. The number of nitrogens with two attached hydrogens (primary N) is 1. The molecule has 1 aromatic heterocycles. The van der Waals surface area contributed by atoms with E-state index in [9.17, 15) is 30.9 Å². The topological polar surface area (TPSA) is 143 Å². The molecule has 0 saturated heterocycles. The van der Waals surface area contributed by atoms with E-state index in [1.807, 2.05) is 0 Å². The highest BCUT2D eigenvalue weighted by atomic mass is 79.9. The van der Waals surface area contributed by atoms with E-state index in [1.165, 1.54) is 47.1 Å². The molecule has 4 aromatic rings. The zero-order chi connectivity index (χ0) is 32.3. The molecule has 0 aliphatic heterocycles. The van der Waals surface area contributed by atoms with Gasteiger partial charge in [0.15, 0.2) is 11.5 Å². The first kappa shape index (κ1) is 33.6. The zero-order valence-corrected chi connectivity index (χ0v) is 26.6. The Labute approximate surface area is 260 Å². The number of sulfonamides is 1. The summed E-state index contributed by atoms with van der Waals surface area (Å²) in [5.41, 5.74) is 0.140. The monoisotopic (exact) mass is 714 g/mol. The Hall–Kier alpha value is -3.33. The van der Waals surface area contributed by atoms with E-state index >= 15 is 0 Å². The van der Waals surface area contributed by atoms with Crippen molar-refractivity contribution in [3.63, 3.8) is 0 Å². The van der Waals surface area contributed by atoms with Crippen molar-refractivity contribution in [2.24, 2.45) is 5.14 Å². The number of alkyl halides is 3. The van der Waals surface area contributed by atoms with Crippen LogP contribution in [0.25, 0.3) is 16.9 Å². The summed E-state index contributed by atoms with van der Waals surface area (Å²) in [5.74, 6) is -2.03. The smallest absolute Gasteiger partial charge is 0.333 e. The highest BCUT2D eigenvalue weighted by molar-refractivity contribution is 9.10. The fourth-order valence-corrected chi connectivity index (χ4v) is 6.92. The second-order valence-electron chi connectivity index (χ2n) is 9.24. The average Bonchev–Trinajstić information content (AvgIpc) is 3.42. The van der Waals surface area contributed by atoms with Crippen molar-refractivity contribution >= 4 is 39.5 Å². The lowest BCUT2D eigenvalue weighted by Crippen LogP contribution is -2.30. The van der Waals surface area contributed by atoms with Crippen molar-refractivity contribution in [3.8, 4) is 16.9 Å². The van der Waals surface area contributed by atoms with Crippen molar-refractivity contribution in [1.29, 1.82) is 0 Å². The van der Waals surface area contributed by atoms with E-state index in [0.29, 0.717) is 5.56 Å². The molecular formula is C28H27BrF3N4O6PS. The van der Waals surface area contributed by atoms with Crippen LogP contribution in [0.1, 0.15) is 41.2 Å². The van der Waals surface area contributed by atoms with Gasteiger partial charge in [-0.2, -0.15) is 18.3 Å². The largest absolute Gasteiger partial charge is 0.416 e. The normalized spacial score (nSPS) is 13.1. The van der Waals surface area contributed by atoms with Gasteiger partial charge in [0, 0.05) is 10.0 Å². The minimum atomic E-state index is -4.57. The number of aromatic nitrogens is 2. The summed E-state index contributed by atoms with van der Waals surface area (Å²) in [4.78, 5) is 13.5. The minimum absolute atomic E-state index is 0.0292. The SMILES string of the molecule is CCOP(=O)(OCC)C(NC(=O)c1cc(-c2ccc(C(F)(F)F)cc2)n(-c2ccc(S(N)(=O)=O)cc2)n1)c1ccc(Br)cc1. The molecule has 0 fully saturated rings. The first-order valence-corrected chi connectivity index (χ1v) is 17.0. The number of nitrogens with one attached hydrogen (secondary N) is 1. The van der Waals surface area contributed by atoms with Crippen LogP contribution in [0.15, 0.2) is 88.2 Å². The lowest BCUT2D eigenvalue weighted by Gasteiger charge is -2.27. The van der Waals surface area contributed by atoms with E-state index in [-0.39, 0.29) is 40.7 Å². The average molecular weight is 715 g/mol. The lowest BCUT2D eigenvalue weighted by atomic mass is 10.1. The number of benzene rings is 3. The molecule has 3 N–H and O–H groups in total. The Morgan fingerprint density at radius 1 is 1.00 bits per heavy atom. The number of primary sulfonamides is 1. The van der Waals surface area contributed by atoms with E-state index in [0.717, 1.165) is 16.6 Å². The molecule has 0 aliphatic rings. The highest BCUT2D eigenvalue weighted by Gasteiger charge is 2.39. The third-order valence-corrected chi connectivity index (χ3v) is 10.0. The lowest BCUT2D eigenvalue weighted by molar-refractivity contribution is -0.137. The summed E-state index contributed by atoms with van der Waals surface area (Å²) < 4.78 is 90.1. The first-order valence-electron chi connectivity index (χ1n) is 13.0. The molecule has 234 valence electrons. The fraction of sp³-hybridized carbons (Fsp3) is 0.214. The molecule has 44 heavy (non-hydrogen) atoms. The van der Waals surface area contributed by atoms with Gasteiger partial charge in [-0.15, -0.1) is 0 Å². The van der Waals surface area contributed by atoms with Gasteiger partial charge in [-0.05, 0) is 74.0 Å². The number of rotatable bonds is 11. The Kier molecular flexibility index (Phi) is 10.2. The molecule has 4 rings (SSSR count). The fourth-order valence-electron chi connectivity index (χ4n) is 4.24. The molecule has 16 heteroatoms. The number of nitrogens with zero attached hydrogens (tertiary/aromatic N) is 2. The number of carbonyl (C=O) groups excluding carboxylic acids is 1. The highest BCUT2D eigenvalue weighted by Crippen LogP contribution is 2.59. The molecule has 0 saturated carbocycles. The Balaban J connectivity index is 1.81. The number of carbonyl (C=O) groups is 1. The number of amides is 1. The van der Waals surface area contributed by atoms with Crippen molar-refractivity contribution in [1.82, 2.24) is 15.1 Å². The maximum Gasteiger partial charge on any atom is 0.416 e. The summed E-state index contributed by atoms with van der Waals surface area (Å²) in [7, 11) is -7.97. The summed E-state index contributed by atoms with van der Waals surface area (Å²) in [6.07, 6.45) is -4.57. The minimum Gasteiger partial charge on any atom is -0.333 e. The molecule has 10 nitrogen and oxygen atoms in total. The van der Waals surface area contributed by atoms with Crippen molar-refractivity contribution in [2.75, 3.05) is 13.2 Å². The molecular weight excluding hydrogens is 688 g/mol. The van der Waals surface area contributed by atoms with Crippen LogP contribution >= 0.6 is 23.5 Å². The molecule has 0 aliphatic carbocycles.